The number of benzene rings is 3. The molecule has 5 nitrogen and oxygen atoms in total. The van der Waals surface area contributed by atoms with Gasteiger partial charge in [-0.05, 0) is 61.7 Å². The van der Waals surface area contributed by atoms with Crippen LogP contribution in [0.25, 0.3) is 0 Å². The van der Waals surface area contributed by atoms with Gasteiger partial charge in [-0.3, -0.25) is 9.59 Å². The summed E-state index contributed by atoms with van der Waals surface area (Å²) in [7, 11) is 0. The van der Waals surface area contributed by atoms with E-state index in [0.717, 1.165) is 23.2 Å². The molecule has 0 aromatic heterocycles. The van der Waals surface area contributed by atoms with Gasteiger partial charge in [0.1, 0.15) is 5.75 Å². The molecular weight excluding hydrogens is 376 g/mol. The van der Waals surface area contributed by atoms with Gasteiger partial charge in [0.25, 0.3) is 11.8 Å². The van der Waals surface area contributed by atoms with Crippen LogP contribution in [-0.2, 0) is 11.2 Å². The number of rotatable bonds is 8. The highest BCUT2D eigenvalue weighted by molar-refractivity contribution is 5.94. The molecule has 2 amide bonds. The normalized spacial score (nSPS) is 10.3. The Bertz CT molecular complexity index is 999. The summed E-state index contributed by atoms with van der Waals surface area (Å²) in [6, 6.07) is 22.6. The zero-order valence-electron chi connectivity index (χ0n) is 17.3. The third kappa shape index (κ3) is 6.21. The molecule has 0 spiro atoms. The number of amides is 2. The Labute approximate surface area is 177 Å². The second kappa shape index (κ2) is 10.3. The third-order valence-corrected chi connectivity index (χ3v) is 4.68. The minimum absolute atomic E-state index is 0.101. The fourth-order valence-corrected chi connectivity index (χ4v) is 3.06. The molecule has 0 aliphatic rings. The summed E-state index contributed by atoms with van der Waals surface area (Å²) in [6.07, 6.45) is 0.781. The molecule has 154 valence electrons. The van der Waals surface area contributed by atoms with E-state index in [0.29, 0.717) is 17.9 Å². The zero-order valence-corrected chi connectivity index (χ0v) is 17.3. The van der Waals surface area contributed by atoms with E-state index >= 15 is 0 Å². The molecule has 0 unspecified atom stereocenters. The quantitative estimate of drug-likeness (QED) is 0.591. The summed E-state index contributed by atoms with van der Waals surface area (Å²) >= 11 is 0. The van der Waals surface area contributed by atoms with Crippen molar-refractivity contribution in [2.75, 3.05) is 18.5 Å². The molecule has 0 aliphatic heterocycles. The van der Waals surface area contributed by atoms with Gasteiger partial charge in [-0.25, -0.2) is 0 Å². The van der Waals surface area contributed by atoms with Crippen LogP contribution in [0.1, 0.15) is 27.0 Å². The lowest BCUT2D eigenvalue weighted by atomic mass is 10.1. The lowest BCUT2D eigenvalue weighted by Crippen LogP contribution is -2.25. The molecule has 0 bridgehead atoms. The van der Waals surface area contributed by atoms with Crippen LogP contribution in [0.15, 0.2) is 72.8 Å². The van der Waals surface area contributed by atoms with Crippen molar-refractivity contribution in [2.45, 2.75) is 20.3 Å². The molecular formula is C25H26N2O3. The van der Waals surface area contributed by atoms with Crippen LogP contribution < -0.4 is 15.4 Å². The van der Waals surface area contributed by atoms with Crippen LogP contribution in [0.5, 0.6) is 5.75 Å². The summed E-state index contributed by atoms with van der Waals surface area (Å²) in [4.78, 5) is 24.4. The predicted octanol–water partition coefficient (Wildman–Crippen LogP) is 4.29. The van der Waals surface area contributed by atoms with Gasteiger partial charge in [-0.15, -0.1) is 0 Å². The van der Waals surface area contributed by atoms with Crippen LogP contribution >= 0.6 is 0 Å². The first kappa shape index (κ1) is 21.1. The fourth-order valence-electron chi connectivity index (χ4n) is 3.06. The SMILES string of the molecule is Cc1ccc(NC(=O)COc2ccc(C(=O)NCCc3ccccc3)cc2)c(C)c1. The Morgan fingerprint density at radius 1 is 0.900 bits per heavy atom. The number of aryl methyl sites for hydroxylation is 2. The van der Waals surface area contributed by atoms with Gasteiger partial charge in [-0.2, -0.15) is 0 Å². The van der Waals surface area contributed by atoms with E-state index in [2.05, 4.69) is 10.6 Å². The van der Waals surface area contributed by atoms with E-state index in [1.165, 1.54) is 5.56 Å². The Balaban J connectivity index is 1.44. The maximum Gasteiger partial charge on any atom is 0.262 e. The molecule has 0 fully saturated rings. The Morgan fingerprint density at radius 2 is 1.63 bits per heavy atom. The van der Waals surface area contributed by atoms with Crippen molar-refractivity contribution >= 4 is 17.5 Å². The van der Waals surface area contributed by atoms with Crippen molar-refractivity contribution in [3.05, 3.63) is 95.1 Å². The van der Waals surface area contributed by atoms with Gasteiger partial charge in [0.15, 0.2) is 6.61 Å². The highest BCUT2D eigenvalue weighted by Gasteiger charge is 2.08. The Kier molecular flexibility index (Phi) is 7.22. The third-order valence-electron chi connectivity index (χ3n) is 4.68. The average Bonchev–Trinajstić information content (AvgIpc) is 2.75. The lowest BCUT2D eigenvalue weighted by Gasteiger charge is -2.11. The molecule has 3 aromatic rings. The first-order valence-electron chi connectivity index (χ1n) is 9.93. The molecule has 0 radical (unpaired) electrons. The van der Waals surface area contributed by atoms with E-state index in [9.17, 15) is 9.59 Å². The lowest BCUT2D eigenvalue weighted by molar-refractivity contribution is -0.118. The van der Waals surface area contributed by atoms with Gasteiger partial charge in [0.2, 0.25) is 0 Å². The maximum atomic E-state index is 12.3. The number of ether oxygens (including phenoxy) is 1. The number of carbonyl (C=O) groups excluding carboxylic acids is 2. The first-order chi connectivity index (χ1) is 14.5. The van der Waals surface area contributed by atoms with E-state index in [-0.39, 0.29) is 18.4 Å². The van der Waals surface area contributed by atoms with Gasteiger partial charge < -0.3 is 15.4 Å². The molecule has 0 saturated heterocycles. The number of nitrogens with one attached hydrogen (secondary N) is 2. The molecule has 0 heterocycles. The minimum Gasteiger partial charge on any atom is -0.484 e. The van der Waals surface area contributed by atoms with Crippen molar-refractivity contribution in [3.8, 4) is 5.75 Å². The monoisotopic (exact) mass is 402 g/mol. The van der Waals surface area contributed by atoms with Crippen molar-refractivity contribution in [1.82, 2.24) is 5.32 Å². The fraction of sp³-hybridized carbons (Fsp3) is 0.200. The average molecular weight is 402 g/mol. The topological polar surface area (TPSA) is 67.4 Å². The molecule has 5 heteroatoms. The van der Waals surface area contributed by atoms with E-state index in [1.54, 1.807) is 24.3 Å². The molecule has 0 atom stereocenters. The zero-order chi connectivity index (χ0) is 21.3. The molecule has 2 N–H and O–H groups in total. The van der Waals surface area contributed by atoms with Gasteiger partial charge in [0, 0.05) is 17.8 Å². The highest BCUT2D eigenvalue weighted by Crippen LogP contribution is 2.16. The smallest absolute Gasteiger partial charge is 0.262 e. The first-order valence-corrected chi connectivity index (χ1v) is 9.93. The summed E-state index contributed by atoms with van der Waals surface area (Å²) in [5.74, 6) is 0.168. The van der Waals surface area contributed by atoms with Gasteiger partial charge >= 0.3 is 0 Å². The van der Waals surface area contributed by atoms with Crippen molar-refractivity contribution in [2.24, 2.45) is 0 Å². The van der Waals surface area contributed by atoms with Crippen LogP contribution in [0.4, 0.5) is 5.69 Å². The van der Waals surface area contributed by atoms with Crippen molar-refractivity contribution in [3.63, 3.8) is 0 Å². The number of anilines is 1. The van der Waals surface area contributed by atoms with E-state index in [4.69, 9.17) is 4.74 Å². The second-order valence-corrected chi connectivity index (χ2v) is 7.17. The molecule has 0 saturated carbocycles. The number of carbonyl (C=O) groups is 2. The number of hydrogen-bond acceptors (Lipinski definition) is 3. The molecule has 0 aliphatic carbocycles. The molecule has 3 aromatic carbocycles. The highest BCUT2D eigenvalue weighted by atomic mass is 16.5. The summed E-state index contributed by atoms with van der Waals surface area (Å²) < 4.78 is 5.53. The molecule has 3 rings (SSSR count). The molecule has 30 heavy (non-hydrogen) atoms. The van der Waals surface area contributed by atoms with Gasteiger partial charge in [0.05, 0.1) is 0 Å². The Morgan fingerprint density at radius 3 is 2.33 bits per heavy atom. The van der Waals surface area contributed by atoms with E-state index < -0.39 is 0 Å². The standard InChI is InChI=1S/C25H26N2O3/c1-18-8-13-23(19(2)16-18)27-24(28)17-30-22-11-9-21(10-12-22)25(29)26-15-14-20-6-4-3-5-7-20/h3-13,16H,14-15,17H2,1-2H3,(H,26,29)(H,27,28). The van der Waals surface area contributed by atoms with Crippen LogP contribution in [0, 0.1) is 13.8 Å². The van der Waals surface area contributed by atoms with Gasteiger partial charge in [-0.1, -0.05) is 48.0 Å². The maximum absolute atomic E-state index is 12.3. The predicted molar refractivity (Wildman–Crippen MR) is 119 cm³/mol. The Hall–Kier alpha value is -3.60. The summed E-state index contributed by atoms with van der Waals surface area (Å²) in [6.45, 7) is 4.43. The minimum atomic E-state index is -0.232. The second-order valence-electron chi connectivity index (χ2n) is 7.17. The van der Waals surface area contributed by atoms with Crippen molar-refractivity contribution < 1.29 is 14.3 Å². The summed E-state index contributed by atoms with van der Waals surface area (Å²) in [5.41, 5.74) is 4.66. The van der Waals surface area contributed by atoms with Crippen molar-refractivity contribution in [1.29, 1.82) is 0 Å². The number of hydrogen-bond donors (Lipinski definition) is 2. The van der Waals surface area contributed by atoms with Crippen LogP contribution in [0.3, 0.4) is 0 Å². The van der Waals surface area contributed by atoms with Crippen LogP contribution in [0.2, 0.25) is 0 Å². The van der Waals surface area contributed by atoms with Crippen LogP contribution in [-0.4, -0.2) is 25.0 Å². The summed E-state index contributed by atoms with van der Waals surface area (Å²) in [5, 5.41) is 5.76. The largest absolute Gasteiger partial charge is 0.484 e. The van der Waals surface area contributed by atoms with E-state index in [1.807, 2.05) is 62.4 Å².